The van der Waals surface area contributed by atoms with Crippen LogP contribution in [0.15, 0.2) is 18.2 Å². The summed E-state index contributed by atoms with van der Waals surface area (Å²) >= 11 is 0. The Kier molecular flexibility index (Phi) is 10.1. The molecule has 1 unspecified atom stereocenters. The first-order chi connectivity index (χ1) is 19.2. The molecule has 1 aromatic carbocycles. The second kappa shape index (κ2) is 13.5. The maximum absolute atomic E-state index is 13.6. The van der Waals surface area contributed by atoms with E-state index in [2.05, 4.69) is 13.8 Å². The van der Waals surface area contributed by atoms with Crippen LogP contribution in [-0.4, -0.2) is 107 Å². The van der Waals surface area contributed by atoms with Gasteiger partial charge < -0.3 is 19.6 Å². The molecule has 10 heteroatoms. The number of benzene rings is 1. The summed E-state index contributed by atoms with van der Waals surface area (Å²) in [6, 6.07) is 5.05. The van der Waals surface area contributed by atoms with Crippen LogP contribution in [0.25, 0.3) is 0 Å². The number of carboxylic acid groups (broad SMARTS) is 1. The van der Waals surface area contributed by atoms with Crippen LogP contribution in [0, 0.1) is 5.92 Å². The predicted molar refractivity (Wildman–Crippen MR) is 150 cm³/mol. The maximum atomic E-state index is 13.6. The van der Waals surface area contributed by atoms with Crippen molar-refractivity contribution in [2.45, 2.75) is 70.8 Å². The third-order valence-corrected chi connectivity index (χ3v) is 8.60. The molecule has 4 rings (SSSR count). The van der Waals surface area contributed by atoms with Gasteiger partial charge in [0.25, 0.3) is 0 Å². The van der Waals surface area contributed by atoms with Gasteiger partial charge in [0, 0.05) is 64.6 Å². The molecule has 0 spiro atoms. The van der Waals surface area contributed by atoms with E-state index < -0.39 is 17.9 Å². The number of hydrogen-bond acceptors (Lipinski definition) is 6. The SMILES string of the molecule is CCCCN(CCCC)C(=O)CN1C[C@H](c2ccc3c(c2)CCO3)C(C(=O)O)[C@@H]1CCN1C(=O)CCN(C)C1=O. The number of aliphatic carboxylic acids is 1. The largest absolute Gasteiger partial charge is 0.493 e. The Bertz CT molecular complexity index is 1090. The Morgan fingerprint density at radius 2 is 1.82 bits per heavy atom. The average Bonchev–Trinajstić information content (AvgIpc) is 3.55. The van der Waals surface area contributed by atoms with Crippen molar-refractivity contribution in [3.05, 3.63) is 29.3 Å². The minimum Gasteiger partial charge on any atom is -0.493 e. The lowest BCUT2D eigenvalue weighted by Gasteiger charge is -2.34. The van der Waals surface area contributed by atoms with Crippen LogP contribution in [0.2, 0.25) is 0 Å². The molecule has 0 aliphatic carbocycles. The van der Waals surface area contributed by atoms with Gasteiger partial charge in [0.15, 0.2) is 0 Å². The summed E-state index contributed by atoms with van der Waals surface area (Å²) in [4.78, 5) is 58.3. The summed E-state index contributed by atoms with van der Waals surface area (Å²) in [5.41, 5.74) is 2.00. The minimum atomic E-state index is -0.927. The molecule has 0 bridgehead atoms. The van der Waals surface area contributed by atoms with Crippen molar-refractivity contribution in [2.24, 2.45) is 5.92 Å². The van der Waals surface area contributed by atoms with Crippen LogP contribution in [0.4, 0.5) is 4.79 Å². The molecule has 2 fully saturated rings. The average molecular weight is 557 g/mol. The van der Waals surface area contributed by atoms with Crippen molar-refractivity contribution < 1.29 is 29.0 Å². The van der Waals surface area contributed by atoms with E-state index in [0.29, 0.717) is 39.2 Å². The number of unbranched alkanes of at least 4 members (excludes halogenated alkanes) is 2. The maximum Gasteiger partial charge on any atom is 0.326 e. The van der Waals surface area contributed by atoms with E-state index >= 15 is 0 Å². The zero-order valence-corrected chi connectivity index (χ0v) is 24.1. The highest BCUT2D eigenvalue weighted by Gasteiger charge is 2.48. The number of amides is 4. The van der Waals surface area contributed by atoms with E-state index in [9.17, 15) is 24.3 Å². The Morgan fingerprint density at radius 3 is 2.50 bits per heavy atom. The molecule has 4 amide bonds. The summed E-state index contributed by atoms with van der Waals surface area (Å²) in [7, 11) is 1.66. The van der Waals surface area contributed by atoms with Gasteiger partial charge in [-0.25, -0.2) is 4.79 Å². The first-order valence-electron chi connectivity index (χ1n) is 14.8. The van der Waals surface area contributed by atoms with Crippen molar-refractivity contribution >= 4 is 23.8 Å². The van der Waals surface area contributed by atoms with Crippen molar-refractivity contribution in [2.75, 3.05) is 52.9 Å². The Hall–Kier alpha value is -3.14. The number of ether oxygens (including phenoxy) is 1. The van der Waals surface area contributed by atoms with Crippen molar-refractivity contribution in [3.63, 3.8) is 0 Å². The number of nitrogens with zero attached hydrogens (tertiary/aromatic N) is 4. The van der Waals surface area contributed by atoms with Crippen LogP contribution < -0.4 is 4.74 Å². The number of hydrogen-bond donors (Lipinski definition) is 1. The fraction of sp³-hybridized carbons (Fsp3) is 0.667. The smallest absolute Gasteiger partial charge is 0.326 e. The molecule has 0 saturated carbocycles. The molecule has 0 radical (unpaired) electrons. The summed E-state index contributed by atoms with van der Waals surface area (Å²) in [6.07, 6.45) is 5.15. The molecular weight excluding hydrogens is 512 g/mol. The van der Waals surface area contributed by atoms with Crippen LogP contribution >= 0.6 is 0 Å². The first kappa shape index (κ1) is 29.8. The van der Waals surface area contributed by atoms with Crippen molar-refractivity contribution in [3.8, 4) is 5.75 Å². The van der Waals surface area contributed by atoms with E-state index in [1.807, 2.05) is 28.0 Å². The highest BCUT2D eigenvalue weighted by atomic mass is 16.5. The van der Waals surface area contributed by atoms with E-state index in [0.717, 1.165) is 49.0 Å². The molecule has 10 nitrogen and oxygen atoms in total. The number of carboxylic acids is 1. The topological polar surface area (TPSA) is 111 Å². The second-order valence-electron chi connectivity index (χ2n) is 11.3. The zero-order valence-electron chi connectivity index (χ0n) is 24.1. The minimum absolute atomic E-state index is 0.00361. The van der Waals surface area contributed by atoms with E-state index in [1.165, 1.54) is 9.80 Å². The van der Waals surface area contributed by atoms with Gasteiger partial charge in [0.1, 0.15) is 5.75 Å². The molecule has 220 valence electrons. The monoisotopic (exact) mass is 556 g/mol. The number of likely N-dealkylation sites (tertiary alicyclic amines) is 1. The van der Waals surface area contributed by atoms with Crippen molar-refractivity contribution in [1.82, 2.24) is 19.6 Å². The van der Waals surface area contributed by atoms with Gasteiger partial charge in [-0.2, -0.15) is 0 Å². The highest BCUT2D eigenvalue weighted by Crippen LogP contribution is 2.41. The van der Waals surface area contributed by atoms with E-state index in [-0.39, 0.29) is 43.3 Å². The van der Waals surface area contributed by atoms with E-state index in [1.54, 1.807) is 7.05 Å². The molecule has 0 aromatic heterocycles. The first-order valence-corrected chi connectivity index (χ1v) is 14.8. The second-order valence-corrected chi connectivity index (χ2v) is 11.3. The number of imide groups is 1. The molecule has 3 aliphatic rings. The fourth-order valence-corrected chi connectivity index (χ4v) is 6.25. The third kappa shape index (κ3) is 6.59. The lowest BCUT2D eigenvalue weighted by Crippen LogP contribution is -2.52. The van der Waals surface area contributed by atoms with Gasteiger partial charge in [-0.1, -0.05) is 38.8 Å². The molecule has 1 N–H and O–H groups in total. The molecule has 3 atom stereocenters. The number of fused-ring (bicyclic) bond motifs is 1. The van der Waals surface area contributed by atoms with Crippen molar-refractivity contribution in [1.29, 1.82) is 0 Å². The van der Waals surface area contributed by atoms with Crippen LogP contribution in [0.3, 0.4) is 0 Å². The van der Waals surface area contributed by atoms with Crippen LogP contribution in [0.5, 0.6) is 5.75 Å². The fourth-order valence-electron chi connectivity index (χ4n) is 6.25. The lowest BCUT2D eigenvalue weighted by molar-refractivity contribution is -0.144. The zero-order chi connectivity index (χ0) is 28.8. The highest BCUT2D eigenvalue weighted by molar-refractivity contribution is 5.96. The standard InChI is InChI=1S/C30H44N4O6/c1-4-6-13-32(14-7-5-2)27(36)20-33-19-23(21-8-9-25-22(18-21)12-17-40-25)28(29(37)38)24(33)10-16-34-26(35)11-15-31(3)30(34)39/h8-9,18,23-24,28H,4-7,10-17,19-20H2,1-3H3,(H,37,38)/t23-,24+,28?/m1/s1. The summed E-state index contributed by atoms with van der Waals surface area (Å²) in [5.74, 6) is -1.42. The van der Waals surface area contributed by atoms with Gasteiger partial charge in [-0.05, 0) is 36.5 Å². The Labute approximate surface area is 237 Å². The summed E-state index contributed by atoms with van der Waals surface area (Å²) in [5, 5.41) is 10.5. The number of rotatable bonds is 13. The van der Waals surface area contributed by atoms with Gasteiger partial charge in [0.05, 0.1) is 19.1 Å². The molecule has 40 heavy (non-hydrogen) atoms. The quantitative estimate of drug-likeness (QED) is 0.397. The Balaban J connectivity index is 1.60. The number of carbonyl (C=O) groups excluding carboxylic acids is 3. The van der Waals surface area contributed by atoms with Gasteiger partial charge in [-0.15, -0.1) is 0 Å². The predicted octanol–water partition coefficient (Wildman–Crippen LogP) is 3.19. The molecule has 2 saturated heterocycles. The molecular formula is C30H44N4O6. The Morgan fingerprint density at radius 1 is 1.10 bits per heavy atom. The normalized spacial score (nSPS) is 22.9. The van der Waals surface area contributed by atoms with Crippen LogP contribution in [0.1, 0.15) is 69.4 Å². The van der Waals surface area contributed by atoms with Crippen LogP contribution in [-0.2, 0) is 20.8 Å². The number of urea groups is 1. The van der Waals surface area contributed by atoms with Gasteiger partial charge >= 0.3 is 12.0 Å². The summed E-state index contributed by atoms with van der Waals surface area (Å²) in [6.45, 7) is 7.24. The van der Waals surface area contributed by atoms with Gasteiger partial charge in [-0.3, -0.25) is 24.2 Å². The lowest BCUT2D eigenvalue weighted by atomic mass is 9.83. The van der Waals surface area contributed by atoms with Gasteiger partial charge in [0.2, 0.25) is 11.8 Å². The molecule has 1 aromatic rings. The van der Waals surface area contributed by atoms with E-state index in [4.69, 9.17) is 4.74 Å². The molecule has 3 heterocycles. The molecule has 3 aliphatic heterocycles. The third-order valence-electron chi connectivity index (χ3n) is 8.60. The number of carbonyl (C=O) groups is 4. The summed E-state index contributed by atoms with van der Waals surface area (Å²) < 4.78 is 5.66.